The first-order valence-electron chi connectivity index (χ1n) is 8.86. The largest absolute Gasteiger partial charge is 0.490 e. The van der Waals surface area contributed by atoms with Crippen molar-refractivity contribution in [3.8, 4) is 0 Å². The first-order valence-corrected chi connectivity index (χ1v) is 10.3. The van der Waals surface area contributed by atoms with Gasteiger partial charge in [-0.05, 0) is 24.3 Å². The van der Waals surface area contributed by atoms with E-state index < -0.39 is 12.1 Å². The maximum atomic E-state index is 11.9. The number of aliphatic carboxylic acids is 1. The molecule has 2 fully saturated rings. The molecule has 1 aromatic rings. The molecule has 1 aromatic heterocycles. The third kappa shape index (κ3) is 7.16. The van der Waals surface area contributed by atoms with Gasteiger partial charge >= 0.3 is 12.1 Å². The van der Waals surface area contributed by atoms with Crippen LogP contribution in [0.3, 0.4) is 0 Å². The molecule has 1 N–H and O–H groups in total. The number of thioether (sulfide) groups is 1. The summed E-state index contributed by atoms with van der Waals surface area (Å²) < 4.78 is 43.7. The topological polar surface area (TPSA) is 89.0 Å². The van der Waals surface area contributed by atoms with Gasteiger partial charge in [0.15, 0.2) is 0 Å². The number of carbonyl (C=O) groups is 2. The molecule has 2 aliphatic heterocycles. The number of ether oxygens (including phenoxy) is 2. The molecule has 1 atom stereocenters. The van der Waals surface area contributed by atoms with Crippen LogP contribution in [0.2, 0.25) is 0 Å². The Morgan fingerprint density at radius 1 is 1.45 bits per heavy atom. The Hall–Kier alpha value is -1.85. The molecule has 0 aliphatic carbocycles. The van der Waals surface area contributed by atoms with Crippen LogP contribution in [-0.4, -0.2) is 76.5 Å². The molecule has 7 nitrogen and oxygen atoms in total. The highest BCUT2D eigenvalue weighted by atomic mass is 32.2. The predicted octanol–water partition coefficient (Wildman–Crippen LogP) is 2.35. The Labute approximate surface area is 170 Å². The average Bonchev–Trinajstić information content (AvgIpc) is 2.65. The van der Waals surface area contributed by atoms with Crippen LogP contribution in [0, 0.1) is 0 Å². The summed E-state index contributed by atoms with van der Waals surface area (Å²) in [5, 5.41) is 7.12. The van der Waals surface area contributed by atoms with Crippen molar-refractivity contribution in [1.29, 1.82) is 0 Å². The van der Waals surface area contributed by atoms with Crippen LogP contribution >= 0.6 is 11.8 Å². The Kier molecular flexibility index (Phi) is 8.29. The summed E-state index contributed by atoms with van der Waals surface area (Å²) in [6, 6.07) is 3.94. The summed E-state index contributed by atoms with van der Waals surface area (Å²) in [4.78, 5) is 26.7. The van der Waals surface area contributed by atoms with Gasteiger partial charge in [0.2, 0.25) is 5.91 Å². The predicted molar refractivity (Wildman–Crippen MR) is 99.4 cm³/mol. The van der Waals surface area contributed by atoms with E-state index in [0.29, 0.717) is 32.1 Å². The number of carbonyl (C=O) groups excluding carboxylic acids is 1. The number of hydrogen-bond donors (Lipinski definition) is 1. The van der Waals surface area contributed by atoms with Crippen molar-refractivity contribution in [2.45, 2.75) is 37.3 Å². The van der Waals surface area contributed by atoms with Gasteiger partial charge in [-0.15, -0.1) is 0 Å². The number of nitrogens with zero attached hydrogens (tertiary/aromatic N) is 2. The Balaban J connectivity index is 0.000000370. The van der Waals surface area contributed by atoms with Crippen molar-refractivity contribution < 1.29 is 37.3 Å². The minimum Gasteiger partial charge on any atom is -0.475 e. The monoisotopic (exact) mass is 436 g/mol. The quantitative estimate of drug-likeness (QED) is 0.758. The molecule has 0 saturated carbocycles. The van der Waals surface area contributed by atoms with Crippen LogP contribution < -0.4 is 0 Å². The molecule has 3 heterocycles. The lowest BCUT2D eigenvalue weighted by Gasteiger charge is -2.53. The molecule has 3 rings (SSSR count). The van der Waals surface area contributed by atoms with Gasteiger partial charge in [-0.1, -0.05) is 6.07 Å². The molecule has 1 amide bonds. The zero-order valence-corrected chi connectivity index (χ0v) is 16.7. The highest BCUT2D eigenvalue weighted by Crippen LogP contribution is 2.35. The highest BCUT2D eigenvalue weighted by molar-refractivity contribution is 7.99. The van der Waals surface area contributed by atoms with Gasteiger partial charge in [0, 0.05) is 25.4 Å². The molecule has 29 heavy (non-hydrogen) atoms. The summed E-state index contributed by atoms with van der Waals surface area (Å²) in [6.07, 6.45) is 2.46. The lowest BCUT2D eigenvalue weighted by molar-refractivity contribution is -0.201. The van der Waals surface area contributed by atoms with Crippen LogP contribution in [0.5, 0.6) is 0 Å². The third-order valence-corrected chi connectivity index (χ3v) is 5.01. The van der Waals surface area contributed by atoms with Gasteiger partial charge in [0.05, 0.1) is 31.6 Å². The fourth-order valence-corrected chi connectivity index (χ4v) is 3.51. The number of alkyl halides is 3. The molecule has 2 aliphatic rings. The number of hydrogen-bond acceptors (Lipinski definition) is 6. The van der Waals surface area contributed by atoms with Crippen LogP contribution in [0.25, 0.3) is 0 Å². The van der Waals surface area contributed by atoms with Gasteiger partial charge in [0.25, 0.3) is 0 Å². The number of halogens is 3. The minimum atomic E-state index is -5.08. The lowest BCUT2D eigenvalue weighted by atomic mass is 9.84. The standard InChI is InChI=1S/C16H22N2O3S.C2HF3O2/c1-22-10-15(19)18-11-16(12-18)7-14(4-6-21-16)20-9-13-3-2-5-17-8-13;3-2(4,5)1(6)7/h2-3,5,8,14H,4,6-7,9-12H2,1H3;(H,6,7). The molecule has 0 bridgehead atoms. The summed E-state index contributed by atoms with van der Waals surface area (Å²) in [7, 11) is 0. The number of carboxylic acid groups (broad SMARTS) is 1. The van der Waals surface area contributed by atoms with Crippen LogP contribution in [0.4, 0.5) is 13.2 Å². The Bertz CT molecular complexity index is 684. The molecule has 162 valence electrons. The van der Waals surface area contributed by atoms with Crippen molar-refractivity contribution >= 4 is 23.6 Å². The van der Waals surface area contributed by atoms with E-state index in [2.05, 4.69) is 4.98 Å². The molecular weight excluding hydrogens is 413 g/mol. The maximum absolute atomic E-state index is 11.9. The first-order chi connectivity index (χ1) is 13.6. The number of amides is 1. The zero-order valence-electron chi connectivity index (χ0n) is 15.9. The summed E-state index contributed by atoms with van der Waals surface area (Å²) in [5.74, 6) is -2.00. The molecule has 0 aromatic carbocycles. The second kappa shape index (κ2) is 10.3. The summed E-state index contributed by atoms with van der Waals surface area (Å²) in [6.45, 7) is 2.71. The van der Waals surface area contributed by atoms with Gasteiger partial charge in [-0.2, -0.15) is 24.9 Å². The van der Waals surface area contributed by atoms with Crippen LogP contribution in [-0.2, 0) is 25.7 Å². The first kappa shape index (κ1) is 23.4. The molecule has 11 heteroatoms. The van der Waals surface area contributed by atoms with E-state index >= 15 is 0 Å². The van der Waals surface area contributed by atoms with E-state index in [0.717, 1.165) is 18.4 Å². The normalized spacial score (nSPS) is 20.4. The number of likely N-dealkylation sites (tertiary alicyclic amines) is 1. The number of rotatable bonds is 5. The van der Waals surface area contributed by atoms with E-state index in [4.69, 9.17) is 19.4 Å². The van der Waals surface area contributed by atoms with E-state index in [1.165, 1.54) is 0 Å². The van der Waals surface area contributed by atoms with E-state index in [9.17, 15) is 18.0 Å². The van der Waals surface area contributed by atoms with E-state index in [-0.39, 0.29) is 17.6 Å². The smallest absolute Gasteiger partial charge is 0.475 e. The summed E-state index contributed by atoms with van der Waals surface area (Å²) >= 11 is 1.57. The fraction of sp³-hybridized carbons (Fsp3) is 0.611. The molecular formula is C18H23F3N2O5S. The van der Waals surface area contributed by atoms with Crippen molar-refractivity contribution in [3.63, 3.8) is 0 Å². The van der Waals surface area contributed by atoms with Crippen molar-refractivity contribution in [3.05, 3.63) is 30.1 Å². The molecule has 2 saturated heterocycles. The lowest BCUT2D eigenvalue weighted by Crippen LogP contribution is -2.67. The molecule has 1 unspecified atom stereocenters. The Morgan fingerprint density at radius 2 is 2.14 bits per heavy atom. The average molecular weight is 436 g/mol. The maximum Gasteiger partial charge on any atom is 0.490 e. The molecule has 1 spiro atoms. The SMILES string of the molecule is CSCC(=O)N1CC2(CC(OCc3cccnc3)CCO2)C1.O=C(O)C(F)(F)F. The van der Waals surface area contributed by atoms with Gasteiger partial charge in [-0.25, -0.2) is 4.79 Å². The summed E-state index contributed by atoms with van der Waals surface area (Å²) in [5.41, 5.74) is 0.916. The zero-order chi connectivity index (χ0) is 21.5. The third-order valence-electron chi connectivity index (χ3n) is 4.48. The van der Waals surface area contributed by atoms with Crippen LogP contribution in [0.1, 0.15) is 18.4 Å². The second-order valence-corrected chi connectivity index (χ2v) is 7.67. The van der Waals surface area contributed by atoms with Crippen LogP contribution in [0.15, 0.2) is 24.5 Å². The number of pyridine rings is 1. The Morgan fingerprint density at radius 3 is 2.69 bits per heavy atom. The molecule has 0 radical (unpaired) electrons. The van der Waals surface area contributed by atoms with Gasteiger partial charge in [-0.3, -0.25) is 9.78 Å². The van der Waals surface area contributed by atoms with Crippen molar-refractivity contribution in [2.24, 2.45) is 0 Å². The number of carboxylic acids is 1. The van der Waals surface area contributed by atoms with E-state index in [1.807, 2.05) is 29.5 Å². The van der Waals surface area contributed by atoms with Gasteiger partial charge in [0.1, 0.15) is 5.60 Å². The van der Waals surface area contributed by atoms with E-state index in [1.54, 1.807) is 18.0 Å². The van der Waals surface area contributed by atoms with Crippen molar-refractivity contribution in [1.82, 2.24) is 9.88 Å². The highest BCUT2D eigenvalue weighted by Gasteiger charge is 2.49. The van der Waals surface area contributed by atoms with Gasteiger partial charge < -0.3 is 19.5 Å². The number of aromatic nitrogens is 1. The fourth-order valence-electron chi connectivity index (χ4n) is 3.08. The second-order valence-electron chi connectivity index (χ2n) is 6.80. The van der Waals surface area contributed by atoms with Crippen molar-refractivity contribution in [2.75, 3.05) is 31.7 Å². The minimum absolute atomic E-state index is 0.175.